The molecule has 0 heterocycles. The summed E-state index contributed by atoms with van der Waals surface area (Å²) >= 11 is 12.7. The van der Waals surface area contributed by atoms with Gasteiger partial charge in [-0.15, -0.1) is 0 Å². The molecule has 0 bridgehead atoms. The van der Waals surface area contributed by atoms with Crippen molar-refractivity contribution in [3.8, 4) is 0 Å². The number of amides is 2. The number of aryl methyl sites for hydroxylation is 2. The third-order valence-corrected chi connectivity index (χ3v) is 9.99. The molecule has 3 aromatic rings. The highest BCUT2D eigenvalue weighted by Gasteiger charge is 2.34. The van der Waals surface area contributed by atoms with Crippen LogP contribution in [-0.2, 0) is 26.2 Å². The van der Waals surface area contributed by atoms with Gasteiger partial charge in [0, 0.05) is 17.6 Å². The Morgan fingerprint density at radius 1 is 0.905 bits per heavy atom. The fraction of sp³-hybridized carbons (Fsp3) is 0.375. The Morgan fingerprint density at radius 2 is 1.50 bits per heavy atom. The van der Waals surface area contributed by atoms with Crippen LogP contribution in [0, 0.1) is 13.8 Å². The minimum absolute atomic E-state index is 0.00474. The lowest BCUT2D eigenvalue weighted by Crippen LogP contribution is -2.53. The van der Waals surface area contributed by atoms with E-state index in [1.165, 1.54) is 29.2 Å². The number of carbonyl (C=O) groups is 2. The van der Waals surface area contributed by atoms with Gasteiger partial charge in [0.2, 0.25) is 11.8 Å². The van der Waals surface area contributed by atoms with Crippen molar-refractivity contribution in [2.24, 2.45) is 0 Å². The normalized spacial score (nSPS) is 14.7. The molecule has 3 aromatic carbocycles. The van der Waals surface area contributed by atoms with Crippen molar-refractivity contribution in [3.63, 3.8) is 0 Å². The maximum atomic E-state index is 14.1. The van der Waals surface area contributed by atoms with E-state index in [0.29, 0.717) is 0 Å². The minimum Gasteiger partial charge on any atom is -0.352 e. The van der Waals surface area contributed by atoms with Gasteiger partial charge in [-0.2, -0.15) is 0 Å². The summed E-state index contributed by atoms with van der Waals surface area (Å²) in [6.45, 7) is 5.04. The summed E-state index contributed by atoms with van der Waals surface area (Å²) in [5, 5.41) is 3.50. The molecule has 1 aliphatic rings. The van der Waals surface area contributed by atoms with Crippen LogP contribution < -0.4 is 9.62 Å². The number of hydrogen-bond donors (Lipinski definition) is 1. The summed E-state index contributed by atoms with van der Waals surface area (Å²) in [6, 6.07) is 17.7. The number of halogens is 2. The van der Waals surface area contributed by atoms with E-state index in [1.54, 1.807) is 25.1 Å². The molecule has 10 heteroatoms. The van der Waals surface area contributed by atoms with Crippen LogP contribution in [0.3, 0.4) is 0 Å². The average molecular weight is 631 g/mol. The fourth-order valence-corrected chi connectivity index (χ4v) is 6.93. The predicted octanol–water partition coefficient (Wildman–Crippen LogP) is 6.67. The van der Waals surface area contributed by atoms with Crippen molar-refractivity contribution in [2.75, 3.05) is 10.8 Å². The molecule has 0 spiro atoms. The first-order valence-corrected chi connectivity index (χ1v) is 16.3. The van der Waals surface area contributed by atoms with Crippen molar-refractivity contribution < 1.29 is 18.0 Å². The van der Waals surface area contributed by atoms with Gasteiger partial charge in [-0.1, -0.05) is 90.0 Å². The zero-order chi connectivity index (χ0) is 30.4. The Bertz CT molecular complexity index is 1510. The van der Waals surface area contributed by atoms with Gasteiger partial charge in [0.1, 0.15) is 12.6 Å². The van der Waals surface area contributed by atoms with Crippen molar-refractivity contribution in [3.05, 3.63) is 93.5 Å². The van der Waals surface area contributed by atoms with E-state index in [2.05, 4.69) is 5.32 Å². The van der Waals surface area contributed by atoms with Crippen LogP contribution in [0.25, 0.3) is 0 Å². The summed E-state index contributed by atoms with van der Waals surface area (Å²) in [6.07, 6.45) is 5.06. The van der Waals surface area contributed by atoms with Crippen LogP contribution in [0.5, 0.6) is 0 Å². The summed E-state index contributed by atoms with van der Waals surface area (Å²) < 4.78 is 29.0. The van der Waals surface area contributed by atoms with E-state index in [-0.39, 0.29) is 39.1 Å². The molecule has 0 saturated heterocycles. The Morgan fingerprint density at radius 3 is 2.12 bits per heavy atom. The van der Waals surface area contributed by atoms with Crippen LogP contribution >= 0.6 is 23.2 Å². The SMILES string of the molecule is Cc1ccc(CN(C(=O)CN(c2cc(Cl)ccc2Cl)S(=O)(=O)c2ccc(C)cc2)C(C)C(=O)NC2CCCCC2)cc1. The lowest BCUT2D eigenvalue weighted by molar-refractivity contribution is -0.139. The van der Waals surface area contributed by atoms with Gasteiger partial charge < -0.3 is 10.2 Å². The summed E-state index contributed by atoms with van der Waals surface area (Å²) in [4.78, 5) is 29.0. The monoisotopic (exact) mass is 629 g/mol. The number of nitrogens with zero attached hydrogens (tertiary/aromatic N) is 2. The molecular formula is C32H37Cl2N3O4S. The van der Waals surface area contributed by atoms with Gasteiger partial charge in [0.05, 0.1) is 15.6 Å². The van der Waals surface area contributed by atoms with Crippen molar-refractivity contribution in [2.45, 2.75) is 76.4 Å². The third-order valence-electron chi connectivity index (χ3n) is 7.66. The van der Waals surface area contributed by atoms with Crippen LogP contribution in [0.4, 0.5) is 5.69 Å². The first-order valence-electron chi connectivity index (χ1n) is 14.2. The van der Waals surface area contributed by atoms with Crippen LogP contribution in [0.1, 0.15) is 55.7 Å². The number of carbonyl (C=O) groups excluding carboxylic acids is 2. The number of benzene rings is 3. The maximum Gasteiger partial charge on any atom is 0.264 e. The van der Waals surface area contributed by atoms with Gasteiger partial charge in [0.15, 0.2) is 0 Å². The highest BCUT2D eigenvalue weighted by atomic mass is 35.5. The van der Waals surface area contributed by atoms with E-state index < -0.39 is 28.5 Å². The Balaban J connectivity index is 1.70. The number of sulfonamides is 1. The molecule has 0 aliphatic heterocycles. The zero-order valence-electron chi connectivity index (χ0n) is 24.1. The van der Waals surface area contributed by atoms with Gasteiger partial charge in [-0.05, 0) is 69.5 Å². The quantitative estimate of drug-likeness (QED) is 0.271. The van der Waals surface area contributed by atoms with E-state index in [9.17, 15) is 18.0 Å². The molecule has 1 saturated carbocycles. The number of hydrogen-bond acceptors (Lipinski definition) is 4. The standard InChI is InChI=1S/C32H37Cl2N3O4S/c1-22-9-13-25(14-10-22)20-36(24(3)32(39)35-27-7-5-4-6-8-27)31(38)21-37(30-19-26(33)15-18-29(30)34)42(40,41)28-16-11-23(2)12-17-28/h9-19,24,27H,4-8,20-21H2,1-3H3,(H,35,39). The van der Waals surface area contributed by atoms with Crippen LogP contribution in [0.2, 0.25) is 10.0 Å². The van der Waals surface area contributed by atoms with E-state index in [0.717, 1.165) is 53.1 Å². The number of nitrogens with one attached hydrogen (secondary N) is 1. The second-order valence-corrected chi connectivity index (χ2v) is 13.7. The molecule has 7 nitrogen and oxygen atoms in total. The molecule has 1 aliphatic carbocycles. The zero-order valence-corrected chi connectivity index (χ0v) is 26.5. The molecule has 0 aromatic heterocycles. The van der Waals surface area contributed by atoms with E-state index in [1.807, 2.05) is 38.1 Å². The summed E-state index contributed by atoms with van der Waals surface area (Å²) in [5.74, 6) is -0.815. The van der Waals surface area contributed by atoms with Crippen molar-refractivity contribution >= 4 is 50.7 Å². The second-order valence-electron chi connectivity index (χ2n) is 10.9. The lowest BCUT2D eigenvalue weighted by Gasteiger charge is -2.33. The molecule has 2 amide bonds. The van der Waals surface area contributed by atoms with E-state index >= 15 is 0 Å². The highest BCUT2D eigenvalue weighted by molar-refractivity contribution is 7.92. The highest BCUT2D eigenvalue weighted by Crippen LogP contribution is 2.33. The van der Waals surface area contributed by atoms with Gasteiger partial charge in [-0.25, -0.2) is 8.42 Å². The number of rotatable bonds is 10. The van der Waals surface area contributed by atoms with Gasteiger partial charge >= 0.3 is 0 Å². The molecule has 1 atom stereocenters. The Labute approximate surface area is 258 Å². The van der Waals surface area contributed by atoms with Gasteiger partial charge in [-0.3, -0.25) is 13.9 Å². The van der Waals surface area contributed by atoms with Gasteiger partial charge in [0.25, 0.3) is 10.0 Å². The molecule has 224 valence electrons. The minimum atomic E-state index is -4.24. The fourth-order valence-electron chi connectivity index (χ4n) is 5.07. The first-order chi connectivity index (χ1) is 20.0. The molecule has 1 unspecified atom stereocenters. The average Bonchev–Trinajstić information content (AvgIpc) is 2.97. The third kappa shape index (κ3) is 7.85. The topological polar surface area (TPSA) is 86.8 Å². The van der Waals surface area contributed by atoms with E-state index in [4.69, 9.17) is 23.2 Å². The second kappa shape index (κ2) is 13.9. The lowest BCUT2D eigenvalue weighted by atomic mass is 9.95. The summed E-state index contributed by atoms with van der Waals surface area (Å²) in [7, 11) is -4.24. The largest absolute Gasteiger partial charge is 0.352 e. The summed E-state index contributed by atoms with van der Waals surface area (Å²) in [5.41, 5.74) is 2.85. The maximum absolute atomic E-state index is 14.1. The van der Waals surface area contributed by atoms with Crippen molar-refractivity contribution in [1.29, 1.82) is 0 Å². The molecule has 1 N–H and O–H groups in total. The molecule has 4 rings (SSSR count). The molecular weight excluding hydrogens is 593 g/mol. The Hall–Kier alpha value is -3.07. The predicted molar refractivity (Wildman–Crippen MR) is 168 cm³/mol. The Kier molecular flexibility index (Phi) is 10.6. The molecule has 42 heavy (non-hydrogen) atoms. The smallest absolute Gasteiger partial charge is 0.264 e. The molecule has 0 radical (unpaired) electrons. The van der Waals surface area contributed by atoms with Crippen LogP contribution in [-0.4, -0.2) is 43.8 Å². The molecule has 1 fully saturated rings. The van der Waals surface area contributed by atoms with Crippen LogP contribution in [0.15, 0.2) is 71.6 Å². The first kappa shape index (κ1) is 31.9. The number of anilines is 1. The van der Waals surface area contributed by atoms with Crippen molar-refractivity contribution in [1.82, 2.24) is 10.2 Å².